The fraction of sp³-hybridized carbons (Fsp3) is 0.440. The minimum absolute atomic E-state index is 0.0575. The fourth-order valence-electron chi connectivity index (χ4n) is 4.55. The van der Waals surface area contributed by atoms with E-state index in [0.717, 1.165) is 55.2 Å². The Morgan fingerprint density at radius 1 is 1.10 bits per heavy atom. The summed E-state index contributed by atoms with van der Waals surface area (Å²) in [6.07, 6.45) is 6.96. The van der Waals surface area contributed by atoms with E-state index in [1.807, 2.05) is 41.4 Å². The van der Waals surface area contributed by atoms with E-state index in [1.54, 1.807) is 6.20 Å². The van der Waals surface area contributed by atoms with Crippen molar-refractivity contribution < 1.29 is 9.32 Å². The second-order valence-electron chi connectivity index (χ2n) is 9.13. The molecule has 0 bridgehead atoms. The summed E-state index contributed by atoms with van der Waals surface area (Å²) in [5.41, 5.74) is 3.05. The maximum absolute atomic E-state index is 13.1. The molecule has 160 valence electrons. The molecular weight excluding hydrogens is 388 g/mol. The summed E-state index contributed by atoms with van der Waals surface area (Å²) in [7, 11) is 0. The highest BCUT2D eigenvalue weighted by atomic mass is 16.5. The third-order valence-electron chi connectivity index (χ3n) is 6.48. The number of rotatable bonds is 6. The lowest BCUT2D eigenvalue weighted by atomic mass is 9.87. The molecule has 1 saturated heterocycles. The first-order valence-electron chi connectivity index (χ1n) is 11.2. The third kappa shape index (κ3) is 4.11. The molecule has 2 unspecified atom stereocenters. The van der Waals surface area contributed by atoms with Crippen LogP contribution in [0, 0.1) is 5.92 Å². The highest BCUT2D eigenvalue weighted by Crippen LogP contribution is 2.40. The molecule has 0 radical (unpaired) electrons. The van der Waals surface area contributed by atoms with Crippen molar-refractivity contribution in [1.82, 2.24) is 20.0 Å². The van der Waals surface area contributed by atoms with Crippen LogP contribution in [-0.2, 0) is 0 Å². The third-order valence-corrected chi connectivity index (χ3v) is 6.48. The summed E-state index contributed by atoms with van der Waals surface area (Å²) in [5, 5.41) is 4.27. The zero-order valence-corrected chi connectivity index (χ0v) is 18.1. The minimum atomic E-state index is 0.0575. The molecule has 1 amide bonds. The molecule has 31 heavy (non-hydrogen) atoms. The van der Waals surface area contributed by atoms with Crippen molar-refractivity contribution in [1.29, 1.82) is 0 Å². The summed E-state index contributed by atoms with van der Waals surface area (Å²) in [6, 6.07) is 12.0. The van der Waals surface area contributed by atoms with Crippen molar-refractivity contribution in [2.45, 2.75) is 50.9 Å². The van der Waals surface area contributed by atoms with Crippen LogP contribution in [0.3, 0.4) is 0 Å². The zero-order valence-electron chi connectivity index (χ0n) is 18.1. The first kappa shape index (κ1) is 19.9. The SMILES string of the molecule is CC(C)C(c1ccc(C(=O)N2CCC(c3cccnc3)C2)cc1)c1noc(C2CC2)n1. The molecule has 2 fully saturated rings. The Bertz CT molecular complexity index is 1040. The van der Waals surface area contributed by atoms with Gasteiger partial charge in [0.25, 0.3) is 5.91 Å². The molecule has 3 heterocycles. The van der Waals surface area contributed by atoms with E-state index >= 15 is 0 Å². The molecule has 2 aromatic heterocycles. The number of amides is 1. The van der Waals surface area contributed by atoms with E-state index in [4.69, 9.17) is 4.52 Å². The van der Waals surface area contributed by atoms with Crippen LogP contribution in [0.4, 0.5) is 0 Å². The van der Waals surface area contributed by atoms with Gasteiger partial charge in [0.1, 0.15) is 0 Å². The minimum Gasteiger partial charge on any atom is -0.339 e. The predicted molar refractivity (Wildman–Crippen MR) is 117 cm³/mol. The predicted octanol–water partition coefficient (Wildman–Crippen LogP) is 4.76. The first-order valence-corrected chi connectivity index (χ1v) is 11.2. The van der Waals surface area contributed by atoms with Crippen LogP contribution < -0.4 is 0 Å². The number of carbonyl (C=O) groups excluding carboxylic acids is 1. The van der Waals surface area contributed by atoms with Crippen molar-refractivity contribution in [2.75, 3.05) is 13.1 Å². The Hall–Kier alpha value is -3.02. The molecule has 2 atom stereocenters. The summed E-state index contributed by atoms with van der Waals surface area (Å²) in [4.78, 5) is 23.9. The van der Waals surface area contributed by atoms with Gasteiger partial charge in [-0.2, -0.15) is 4.98 Å². The average molecular weight is 417 g/mol. The second-order valence-corrected chi connectivity index (χ2v) is 9.13. The van der Waals surface area contributed by atoms with Crippen molar-refractivity contribution >= 4 is 5.91 Å². The Morgan fingerprint density at radius 2 is 1.90 bits per heavy atom. The number of nitrogens with zero attached hydrogens (tertiary/aromatic N) is 4. The molecular formula is C25H28N4O2. The quantitative estimate of drug-likeness (QED) is 0.579. The molecule has 1 aliphatic carbocycles. The lowest BCUT2D eigenvalue weighted by Gasteiger charge is -2.19. The van der Waals surface area contributed by atoms with Gasteiger partial charge in [0.2, 0.25) is 5.89 Å². The molecule has 2 aliphatic rings. The molecule has 1 saturated carbocycles. The van der Waals surface area contributed by atoms with Gasteiger partial charge in [-0.1, -0.05) is 37.2 Å². The molecule has 6 heteroatoms. The van der Waals surface area contributed by atoms with Gasteiger partial charge >= 0.3 is 0 Å². The van der Waals surface area contributed by atoms with Crippen LogP contribution in [0.5, 0.6) is 0 Å². The summed E-state index contributed by atoms with van der Waals surface area (Å²) >= 11 is 0. The van der Waals surface area contributed by atoms with E-state index in [-0.39, 0.29) is 11.8 Å². The largest absolute Gasteiger partial charge is 0.339 e. The van der Waals surface area contributed by atoms with Gasteiger partial charge in [-0.3, -0.25) is 9.78 Å². The van der Waals surface area contributed by atoms with E-state index in [0.29, 0.717) is 17.8 Å². The summed E-state index contributed by atoms with van der Waals surface area (Å²) in [6.45, 7) is 5.86. The Kier molecular flexibility index (Phi) is 5.30. The summed E-state index contributed by atoms with van der Waals surface area (Å²) < 4.78 is 5.49. The van der Waals surface area contributed by atoms with Crippen LogP contribution in [0.1, 0.15) is 84.1 Å². The van der Waals surface area contributed by atoms with Gasteiger partial charge in [0, 0.05) is 48.8 Å². The topological polar surface area (TPSA) is 72.1 Å². The van der Waals surface area contributed by atoms with Gasteiger partial charge in [-0.05, 0) is 54.5 Å². The van der Waals surface area contributed by atoms with E-state index in [2.05, 4.69) is 35.0 Å². The van der Waals surface area contributed by atoms with E-state index < -0.39 is 0 Å². The Labute approximate surface area is 182 Å². The van der Waals surface area contributed by atoms with Crippen LogP contribution in [0.15, 0.2) is 53.3 Å². The van der Waals surface area contributed by atoms with Gasteiger partial charge in [0.15, 0.2) is 5.82 Å². The Balaban J connectivity index is 1.30. The molecule has 1 aromatic carbocycles. The zero-order chi connectivity index (χ0) is 21.4. The van der Waals surface area contributed by atoms with E-state index in [9.17, 15) is 4.79 Å². The second kappa shape index (κ2) is 8.25. The molecule has 3 aromatic rings. The summed E-state index contributed by atoms with van der Waals surface area (Å²) in [5.74, 6) is 2.80. The normalized spacial score (nSPS) is 19.7. The number of hydrogen-bond acceptors (Lipinski definition) is 5. The highest BCUT2D eigenvalue weighted by Gasteiger charge is 2.32. The molecule has 0 spiro atoms. The highest BCUT2D eigenvalue weighted by molar-refractivity contribution is 5.94. The van der Waals surface area contributed by atoms with Gasteiger partial charge in [-0.25, -0.2) is 0 Å². The maximum Gasteiger partial charge on any atom is 0.253 e. The number of benzene rings is 1. The molecule has 0 N–H and O–H groups in total. The average Bonchev–Trinajstić information content (AvgIpc) is 3.32. The monoisotopic (exact) mass is 416 g/mol. The van der Waals surface area contributed by atoms with Gasteiger partial charge in [0.05, 0.1) is 0 Å². The number of likely N-dealkylation sites (tertiary alicyclic amines) is 1. The first-order chi connectivity index (χ1) is 15.1. The van der Waals surface area contributed by atoms with Crippen LogP contribution in [-0.4, -0.2) is 39.0 Å². The molecule has 1 aliphatic heterocycles. The van der Waals surface area contributed by atoms with Gasteiger partial charge in [-0.15, -0.1) is 0 Å². The van der Waals surface area contributed by atoms with Gasteiger partial charge < -0.3 is 9.42 Å². The fourth-order valence-corrected chi connectivity index (χ4v) is 4.55. The van der Waals surface area contributed by atoms with Crippen molar-refractivity contribution in [3.05, 3.63) is 77.2 Å². The molecule has 5 rings (SSSR count). The maximum atomic E-state index is 13.1. The Morgan fingerprint density at radius 3 is 2.58 bits per heavy atom. The van der Waals surface area contributed by atoms with Crippen molar-refractivity contribution in [2.24, 2.45) is 5.92 Å². The van der Waals surface area contributed by atoms with Crippen LogP contribution >= 0.6 is 0 Å². The van der Waals surface area contributed by atoms with E-state index in [1.165, 1.54) is 5.56 Å². The standard InChI is InChI=1S/C25H28N4O2/c1-16(2)22(23-27-24(31-28-23)18-7-8-18)17-5-9-19(10-6-17)25(30)29-13-11-21(15-29)20-4-3-12-26-14-20/h3-6,9-10,12,14,16,18,21-22H,7-8,11,13,15H2,1-2H3. The van der Waals surface area contributed by atoms with Crippen molar-refractivity contribution in [3.63, 3.8) is 0 Å². The van der Waals surface area contributed by atoms with Crippen molar-refractivity contribution in [3.8, 4) is 0 Å². The number of pyridine rings is 1. The number of hydrogen-bond donors (Lipinski definition) is 0. The van der Waals surface area contributed by atoms with Crippen LogP contribution in [0.25, 0.3) is 0 Å². The molecule has 6 nitrogen and oxygen atoms in total. The number of carbonyl (C=O) groups is 1. The smallest absolute Gasteiger partial charge is 0.253 e. The lowest BCUT2D eigenvalue weighted by molar-refractivity contribution is 0.0790. The number of aromatic nitrogens is 3. The van der Waals surface area contributed by atoms with Crippen LogP contribution in [0.2, 0.25) is 0 Å². The lowest BCUT2D eigenvalue weighted by Crippen LogP contribution is -2.28.